The van der Waals surface area contributed by atoms with Crippen LogP contribution in [0.2, 0.25) is 5.02 Å². The number of carbonyl (C=O) groups excluding carboxylic acids is 1. The van der Waals surface area contributed by atoms with E-state index in [0.717, 1.165) is 4.90 Å². The van der Waals surface area contributed by atoms with Crippen LogP contribution < -0.4 is 5.32 Å². The molecule has 2 aromatic carbocycles. The Morgan fingerprint density at radius 1 is 1.10 bits per heavy atom. The molecule has 0 aromatic heterocycles. The quantitative estimate of drug-likeness (QED) is 0.797. The number of hydrogen-bond acceptors (Lipinski definition) is 2. The number of anilines is 1. The minimum absolute atomic E-state index is 0.154. The van der Waals surface area contributed by atoms with Gasteiger partial charge in [-0.25, -0.2) is 0 Å². The highest BCUT2D eigenvalue weighted by molar-refractivity contribution is 7.99. The summed E-state index contributed by atoms with van der Waals surface area (Å²) in [5.41, 5.74) is 1.25. The first kappa shape index (κ1) is 14.9. The second kappa shape index (κ2) is 6.82. The third kappa shape index (κ3) is 4.02. The molecule has 0 heterocycles. The van der Waals surface area contributed by atoms with Crippen molar-refractivity contribution in [1.29, 1.82) is 0 Å². The second-order valence-corrected chi connectivity index (χ2v) is 6.68. The van der Waals surface area contributed by atoms with Gasteiger partial charge in [0.1, 0.15) is 0 Å². The first-order valence-corrected chi connectivity index (χ1v) is 7.64. The molecule has 0 aliphatic heterocycles. The molecule has 20 heavy (non-hydrogen) atoms. The van der Waals surface area contributed by atoms with Gasteiger partial charge < -0.3 is 5.32 Å². The van der Waals surface area contributed by atoms with Gasteiger partial charge >= 0.3 is 0 Å². The molecule has 0 radical (unpaired) electrons. The summed E-state index contributed by atoms with van der Waals surface area (Å²) in [6.07, 6.45) is 0. The van der Waals surface area contributed by atoms with Crippen molar-refractivity contribution in [1.82, 2.24) is 0 Å². The van der Waals surface area contributed by atoms with Gasteiger partial charge in [-0.1, -0.05) is 37.6 Å². The maximum absolute atomic E-state index is 12.1. The molecule has 4 heteroatoms. The van der Waals surface area contributed by atoms with E-state index >= 15 is 0 Å². The molecular formula is C16H16ClNOS. The van der Waals surface area contributed by atoms with Gasteiger partial charge in [0, 0.05) is 15.7 Å². The topological polar surface area (TPSA) is 29.1 Å². The van der Waals surface area contributed by atoms with Crippen molar-refractivity contribution in [3.05, 3.63) is 59.1 Å². The Balaban J connectivity index is 2.08. The molecule has 0 saturated carbocycles. The Kier molecular flexibility index (Phi) is 5.10. The number of rotatable bonds is 4. The van der Waals surface area contributed by atoms with Crippen molar-refractivity contribution in [2.75, 3.05) is 5.32 Å². The molecule has 0 fully saturated rings. The molecule has 0 aliphatic carbocycles. The smallest absolute Gasteiger partial charge is 0.255 e. The fourth-order valence-corrected chi connectivity index (χ4v) is 2.73. The summed E-state index contributed by atoms with van der Waals surface area (Å²) in [7, 11) is 0. The van der Waals surface area contributed by atoms with E-state index in [1.54, 1.807) is 23.9 Å². The third-order valence-corrected chi connectivity index (χ3v) is 3.96. The standard InChI is InChI=1S/C16H16ClNOS/c1-11(2)20-13-9-7-12(8-10-13)16(19)18-15-6-4-3-5-14(15)17/h3-11H,1-2H3,(H,18,19). The zero-order valence-corrected chi connectivity index (χ0v) is 13.0. The Morgan fingerprint density at radius 3 is 2.35 bits per heavy atom. The molecule has 2 rings (SSSR count). The van der Waals surface area contributed by atoms with Gasteiger partial charge in [-0.05, 0) is 36.4 Å². The SMILES string of the molecule is CC(C)Sc1ccc(C(=O)Nc2ccccc2Cl)cc1. The highest BCUT2D eigenvalue weighted by Gasteiger charge is 2.08. The van der Waals surface area contributed by atoms with Crippen LogP contribution in [-0.4, -0.2) is 11.2 Å². The van der Waals surface area contributed by atoms with Gasteiger partial charge in [0.15, 0.2) is 0 Å². The molecule has 1 amide bonds. The summed E-state index contributed by atoms with van der Waals surface area (Å²) >= 11 is 7.79. The second-order valence-electron chi connectivity index (χ2n) is 4.62. The number of thioether (sulfide) groups is 1. The predicted molar refractivity (Wildman–Crippen MR) is 86.8 cm³/mol. The van der Waals surface area contributed by atoms with E-state index in [1.165, 1.54) is 0 Å². The van der Waals surface area contributed by atoms with Crippen LogP contribution in [0.15, 0.2) is 53.4 Å². The summed E-state index contributed by atoms with van der Waals surface area (Å²) in [6, 6.07) is 14.8. The number of para-hydroxylation sites is 1. The molecule has 104 valence electrons. The van der Waals surface area contributed by atoms with E-state index in [4.69, 9.17) is 11.6 Å². The van der Waals surface area contributed by atoms with Gasteiger partial charge in [-0.2, -0.15) is 0 Å². The van der Waals surface area contributed by atoms with Crippen LogP contribution >= 0.6 is 23.4 Å². The lowest BCUT2D eigenvalue weighted by atomic mass is 10.2. The van der Waals surface area contributed by atoms with E-state index in [9.17, 15) is 4.79 Å². The highest BCUT2D eigenvalue weighted by Crippen LogP contribution is 2.24. The number of nitrogens with one attached hydrogen (secondary N) is 1. The normalized spacial score (nSPS) is 10.6. The summed E-state index contributed by atoms with van der Waals surface area (Å²) in [5, 5.41) is 3.87. The molecule has 2 aromatic rings. The zero-order valence-electron chi connectivity index (χ0n) is 11.4. The largest absolute Gasteiger partial charge is 0.321 e. The lowest BCUT2D eigenvalue weighted by Gasteiger charge is -2.08. The number of carbonyl (C=O) groups is 1. The molecule has 0 aliphatic rings. The summed E-state index contributed by atoms with van der Waals surface area (Å²) < 4.78 is 0. The summed E-state index contributed by atoms with van der Waals surface area (Å²) in [4.78, 5) is 13.3. The number of benzene rings is 2. The number of hydrogen-bond donors (Lipinski definition) is 1. The average Bonchev–Trinajstić information content (AvgIpc) is 2.41. The van der Waals surface area contributed by atoms with Crippen molar-refractivity contribution < 1.29 is 4.79 Å². The number of amides is 1. The summed E-state index contributed by atoms with van der Waals surface area (Å²) in [6.45, 7) is 4.28. The molecule has 0 spiro atoms. The minimum Gasteiger partial charge on any atom is -0.321 e. The maximum Gasteiger partial charge on any atom is 0.255 e. The maximum atomic E-state index is 12.1. The zero-order chi connectivity index (χ0) is 14.5. The summed E-state index contributed by atoms with van der Waals surface area (Å²) in [5.74, 6) is -0.154. The fraction of sp³-hybridized carbons (Fsp3) is 0.188. The van der Waals surface area contributed by atoms with Crippen molar-refractivity contribution in [2.24, 2.45) is 0 Å². The average molecular weight is 306 g/mol. The van der Waals surface area contributed by atoms with Gasteiger partial charge in [-0.15, -0.1) is 11.8 Å². The molecule has 0 bridgehead atoms. The number of halogens is 1. The van der Waals surface area contributed by atoms with E-state index < -0.39 is 0 Å². The van der Waals surface area contributed by atoms with Gasteiger partial charge in [0.2, 0.25) is 0 Å². The van der Waals surface area contributed by atoms with Gasteiger partial charge in [-0.3, -0.25) is 4.79 Å². The Morgan fingerprint density at radius 2 is 1.75 bits per heavy atom. The third-order valence-electron chi connectivity index (χ3n) is 2.61. The first-order chi connectivity index (χ1) is 9.56. The molecule has 0 atom stereocenters. The van der Waals surface area contributed by atoms with Crippen molar-refractivity contribution in [2.45, 2.75) is 24.0 Å². The van der Waals surface area contributed by atoms with Crippen molar-refractivity contribution in [3.63, 3.8) is 0 Å². The van der Waals surface area contributed by atoms with Crippen LogP contribution in [0.4, 0.5) is 5.69 Å². The van der Waals surface area contributed by atoms with Crippen LogP contribution in [0.3, 0.4) is 0 Å². The molecular weight excluding hydrogens is 290 g/mol. The van der Waals surface area contributed by atoms with Crippen LogP contribution in [0.25, 0.3) is 0 Å². The van der Waals surface area contributed by atoms with E-state index in [2.05, 4.69) is 19.2 Å². The minimum atomic E-state index is -0.154. The fourth-order valence-electron chi connectivity index (χ4n) is 1.71. The molecule has 1 N–H and O–H groups in total. The van der Waals surface area contributed by atoms with Crippen LogP contribution in [-0.2, 0) is 0 Å². The van der Waals surface area contributed by atoms with Crippen molar-refractivity contribution >= 4 is 35.0 Å². The van der Waals surface area contributed by atoms with Crippen LogP contribution in [0.5, 0.6) is 0 Å². The van der Waals surface area contributed by atoms with Gasteiger partial charge in [0.05, 0.1) is 10.7 Å². The Bertz CT molecular complexity index is 596. The Labute approximate surface area is 128 Å². The predicted octanol–water partition coefficient (Wildman–Crippen LogP) is 5.09. The Hall–Kier alpha value is -1.45. The molecule has 0 saturated heterocycles. The lowest BCUT2D eigenvalue weighted by Crippen LogP contribution is -2.11. The van der Waals surface area contributed by atoms with Crippen LogP contribution in [0.1, 0.15) is 24.2 Å². The highest BCUT2D eigenvalue weighted by atomic mass is 35.5. The van der Waals surface area contributed by atoms with E-state index in [0.29, 0.717) is 21.5 Å². The lowest BCUT2D eigenvalue weighted by molar-refractivity contribution is 0.102. The first-order valence-electron chi connectivity index (χ1n) is 6.39. The monoisotopic (exact) mass is 305 g/mol. The van der Waals surface area contributed by atoms with Gasteiger partial charge in [0.25, 0.3) is 5.91 Å². The molecule has 2 nitrogen and oxygen atoms in total. The molecule has 0 unspecified atom stereocenters. The van der Waals surface area contributed by atoms with E-state index in [1.807, 2.05) is 36.4 Å². The van der Waals surface area contributed by atoms with Crippen molar-refractivity contribution in [3.8, 4) is 0 Å². The van der Waals surface area contributed by atoms with E-state index in [-0.39, 0.29) is 5.91 Å². The van der Waals surface area contributed by atoms with Crippen LogP contribution in [0, 0.1) is 0 Å².